The predicted molar refractivity (Wildman–Crippen MR) is 114 cm³/mol. The zero-order chi connectivity index (χ0) is 20.4. The Morgan fingerprint density at radius 1 is 1.34 bits per heavy atom. The number of fused-ring (bicyclic) bond motifs is 1. The van der Waals surface area contributed by atoms with E-state index in [1.807, 2.05) is 30.0 Å². The molecule has 2 aliphatic rings. The van der Waals surface area contributed by atoms with E-state index in [4.69, 9.17) is 16.3 Å². The molecule has 1 atom stereocenters. The summed E-state index contributed by atoms with van der Waals surface area (Å²) in [5.74, 6) is 3.03. The van der Waals surface area contributed by atoms with Crippen LogP contribution in [0.1, 0.15) is 23.2 Å². The van der Waals surface area contributed by atoms with Crippen molar-refractivity contribution in [3.8, 4) is 5.75 Å². The lowest BCUT2D eigenvalue weighted by Crippen LogP contribution is -2.25. The van der Waals surface area contributed by atoms with Crippen molar-refractivity contribution in [2.75, 3.05) is 36.5 Å². The Bertz CT molecular complexity index is 886. The van der Waals surface area contributed by atoms with Crippen LogP contribution in [0.2, 0.25) is 5.02 Å². The van der Waals surface area contributed by atoms with Crippen molar-refractivity contribution >= 4 is 35.1 Å². The molecule has 1 unspecified atom stereocenters. The number of benzene rings is 1. The molecule has 0 aliphatic carbocycles. The van der Waals surface area contributed by atoms with Crippen molar-refractivity contribution in [1.82, 2.24) is 9.97 Å². The molecule has 5 nitrogen and oxygen atoms in total. The fourth-order valence-corrected chi connectivity index (χ4v) is 4.81. The number of hydrogen-bond donors (Lipinski definition) is 1. The van der Waals surface area contributed by atoms with Gasteiger partial charge in [0.25, 0.3) is 0 Å². The van der Waals surface area contributed by atoms with E-state index in [9.17, 15) is 8.78 Å². The molecule has 1 aromatic carbocycles. The van der Waals surface area contributed by atoms with Crippen LogP contribution in [0.25, 0.3) is 0 Å². The molecule has 1 fully saturated rings. The fourth-order valence-electron chi connectivity index (χ4n) is 3.61. The van der Waals surface area contributed by atoms with E-state index in [1.165, 1.54) is 0 Å². The third-order valence-corrected chi connectivity index (χ3v) is 6.45. The van der Waals surface area contributed by atoms with Crippen LogP contribution in [-0.2, 0) is 11.5 Å². The molecule has 29 heavy (non-hydrogen) atoms. The Kier molecular flexibility index (Phi) is 6.29. The van der Waals surface area contributed by atoms with E-state index >= 15 is 0 Å². The molecule has 2 aliphatic heterocycles. The number of aryl methyl sites for hydroxylation is 1. The third kappa shape index (κ3) is 4.69. The molecule has 0 saturated carbocycles. The van der Waals surface area contributed by atoms with Crippen LogP contribution < -0.4 is 15.0 Å². The molecule has 1 saturated heterocycles. The Morgan fingerprint density at radius 2 is 2.21 bits per heavy atom. The molecule has 1 N–H and O–H groups in total. The van der Waals surface area contributed by atoms with Gasteiger partial charge in [-0.1, -0.05) is 17.7 Å². The standard InChI is InChI=1S/C20H23ClF2N4OS/c1-12-2-3-15(21)17(8-12)28-7-5-24-20-25-16-11-29-10-14(16)19(26-20)27-6-4-13(9-27)18(22)23/h2-3,8,13,18H,4-7,9-11H2,1H3,(H,24,25,26). The third-order valence-electron chi connectivity index (χ3n) is 5.17. The summed E-state index contributed by atoms with van der Waals surface area (Å²) in [6.45, 7) is 3.86. The highest BCUT2D eigenvalue weighted by molar-refractivity contribution is 7.98. The maximum atomic E-state index is 13.1. The number of rotatable bonds is 7. The summed E-state index contributed by atoms with van der Waals surface area (Å²) in [7, 11) is 0. The highest BCUT2D eigenvalue weighted by Crippen LogP contribution is 2.37. The fraction of sp³-hybridized carbons (Fsp3) is 0.500. The Hall–Kier alpha value is -1.80. The van der Waals surface area contributed by atoms with Crippen LogP contribution in [0.3, 0.4) is 0 Å². The summed E-state index contributed by atoms with van der Waals surface area (Å²) in [5, 5.41) is 3.78. The van der Waals surface area contributed by atoms with Gasteiger partial charge in [-0.05, 0) is 31.0 Å². The number of halogens is 3. The maximum Gasteiger partial charge on any atom is 0.243 e. The molecule has 4 rings (SSSR count). The Morgan fingerprint density at radius 3 is 3.00 bits per heavy atom. The molecule has 9 heteroatoms. The van der Waals surface area contributed by atoms with Gasteiger partial charge < -0.3 is 15.0 Å². The van der Waals surface area contributed by atoms with E-state index < -0.39 is 12.3 Å². The highest BCUT2D eigenvalue weighted by Gasteiger charge is 2.33. The van der Waals surface area contributed by atoms with Crippen LogP contribution >= 0.6 is 23.4 Å². The van der Waals surface area contributed by atoms with Crippen LogP contribution in [0, 0.1) is 12.8 Å². The number of aromatic nitrogens is 2. The van der Waals surface area contributed by atoms with Gasteiger partial charge in [0.2, 0.25) is 12.4 Å². The maximum absolute atomic E-state index is 13.1. The predicted octanol–water partition coefficient (Wildman–Crippen LogP) is 4.77. The quantitative estimate of drug-likeness (QED) is 0.626. The van der Waals surface area contributed by atoms with Gasteiger partial charge in [-0.25, -0.2) is 13.8 Å². The number of thioether (sulfide) groups is 1. The van der Waals surface area contributed by atoms with Crippen molar-refractivity contribution in [3.05, 3.63) is 40.0 Å². The summed E-state index contributed by atoms with van der Waals surface area (Å²) in [4.78, 5) is 11.3. The van der Waals surface area contributed by atoms with E-state index in [1.54, 1.807) is 11.8 Å². The van der Waals surface area contributed by atoms with Crippen molar-refractivity contribution < 1.29 is 13.5 Å². The number of nitrogens with zero attached hydrogens (tertiary/aromatic N) is 3. The average molecular weight is 441 g/mol. The van der Waals surface area contributed by atoms with Crippen LogP contribution in [-0.4, -0.2) is 42.6 Å². The van der Waals surface area contributed by atoms with Crippen molar-refractivity contribution in [2.24, 2.45) is 5.92 Å². The van der Waals surface area contributed by atoms with Gasteiger partial charge in [0.15, 0.2) is 0 Å². The largest absolute Gasteiger partial charge is 0.490 e. The second-order valence-corrected chi connectivity index (χ2v) is 8.72. The smallest absolute Gasteiger partial charge is 0.243 e. The first kappa shape index (κ1) is 20.5. The topological polar surface area (TPSA) is 50.3 Å². The normalized spacial score (nSPS) is 18.4. The molecular formula is C20H23ClF2N4OS. The molecule has 0 spiro atoms. The van der Waals surface area contributed by atoms with Gasteiger partial charge in [-0.15, -0.1) is 0 Å². The molecule has 1 aromatic heterocycles. The molecule has 156 valence electrons. The van der Waals surface area contributed by atoms with Gasteiger partial charge >= 0.3 is 0 Å². The number of anilines is 2. The lowest BCUT2D eigenvalue weighted by molar-refractivity contribution is 0.0880. The number of nitrogens with one attached hydrogen (secondary N) is 1. The van der Waals surface area contributed by atoms with E-state index in [-0.39, 0.29) is 0 Å². The minimum absolute atomic E-state index is 0.347. The lowest BCUT2D eigenvalue weighted by Gasteiger charge is -2.21. The number of alkyl halides is 2. The van der Waals surface area contributed by atoms with Gasteiger partial charge in [0.1, 0.15) is 18.2 Å². The zero-order valence-corrected chi connectivity index (χ0v) is 17.7. The Balaban J connectivity index is 1.41. The molecule has 0 amide bonds. The minimum atomic E-state index is -2.28. The summed E-state index contributed by atoms with van der Waals surface area (Å²) in [6.07, 6.45) is -1.79. The second kappa shape index (κ2) is 8.92. The molecule has 0 bridgehead atoms. The lowest BCUT2D eigenvalue weighted by atomic mass is 10.1. The number of hydrogen-bond acceptors (Lipinski definition) is 6. The average Bonchev–Trinajstić information content (AvgIpc) is 3.36. The van der Waals surface area contributed by atoms with Crippen LogP contribution in [0.5, 0.6) is 5.75 Å². The van der Waals surface area contributed by atoms with Gasteiger partial charge in [-0.2, -0.15) is 16.7 Å². The van der Waals surface area contributed by atoms with E-state index in [0.717, 1.165) is 34.1 Å². The van der Waals surface area contributed by atoms with E-state index in [0.29, 0.717) is 49.4 Å². The van der Waals surface area contributed by atoms with Crippen molar-refractivity contribution in [2.45, 2.75) is 31.3 Å². The zero-order valence-electron chi connectivity index (χ0n) is 16.1. The minimum Gasteiger partial charge on any atom is -0.490 e. The van der Waals surface area contributed by atoms with Gasteiger partial charge in [0.05, 0.1) is 17.3 Å². The summed E-state index contributed by atoms with van der Waals surface area (Å²) in [6, 6.07) is 5.65. The first-order chi connectivity index (χ1) is 14.0. The van der Waals surface area contributed by atoms with E-state index in [2.05, 4.69) is 15.3 Å². The summed E-state index contributed by atoms with van der Waals surface area (Å²) < 4.78 is 31.9. The van der Waals surface area contributed by atoms with Crippen LogP contribution in [0.15, 0.2) is 18.2 Å². The number of ether oxygens (including phenoxy) is 1. The van der Waals surface area contributed by atoms with Crippen LogP contribution in [0.4, 0.5) is 20.5 Å². The first-order valence-electron chi connectivity index (χ1n) is 9.64. The van der Waals surface area contributed by atoms with Gasteiger partial charge in [-0.3, -0.25) is 0 Å². The molecule has 0 radical (unpaired) electrons. The molecular weight excluding hydrogens is 418 g/mol. The second-order valence-electron chi connectivity index (χ2n) is 7.33. The molecule has 3 heterocycles. The SMILES string of the molecule is Cc1ccc(Cl)c(OCCNc2nc3c(c(N4CCC(C(F)F)C4)n2)CSC3)c1. The highest BCUT2D eigenvalue weighted by atomic mass is 35.5. The van der Waals surface area contributed by atoms with Gasteiger partial charge in [0, 0.05) is 36.1 Å². The Labute approximate surface area is 178 Å². The first-order valence-corrected chi connectivity index (χ1v) is 11.2. The van der Waals surface area contributed by atoms with Crippen molar-refractivity contribution in [3.63, 3.8) is 0 Å². The summed E-state index contributed by atoms with van der Waals surface area (Å²) >= 11 is 7.93. The van der Waals surface area contributed by atoms with Crippen molar-refractivity contribution in [1.29, 1.82) is 0 Å². The molecule has 2 aromatic rings. The monoisotopic (exact) mass is 440 g/mol. The summed E-state index contributed by atoms with van der Waals surface area (Å²) in [5.41, 5.74) is 3.15.